The van der Waals surface area contributed by atoms with Crippen molar-refractivity contribution in [2.75, 3.05) is 7.11 Å². The molecule has 0 spiro atoms. The average Bonchev–Trinajstić information content (AvgIpc) is 2.62. The number of rotatable bonds is 7. The molecule has 126 valence electrons. The quantitative estimate of drug-likeness (QED) is 0.592. The summed E-state index contributed by atoms with van der Waals surface area (Å²) in [6.45, 7) is 0.347. The number of hydrogen-bond acceptors (Lipinski definition) is 6. The summed E-state index contributed by atoms with van der Waals surface area (Å²) in [5.74, 6) is -0.894. The van der Waals surface area contributed by atoms with Crippen LogP contribution in [0.3, 0.4) is 0 Å². The lowest BCUT2D eigenvalue weighted by molar-refractivity contribution is -0.142. The van der Waals surface area contributed by atoms with Gasteiger partial charge < -0.3 is 15.3 Å². The Hall–Kier alpha value is -2.70. The number of carbonyl (C=O) groups excluding carboxylic acids is 2. The first-order valence-electron chi connectivity index (χ1n) is 7.50. The molecule has 0 heterocycles. The van der Waals surface area contributed by atoms with E-state index >= 15 is 0 Å². The van der Waals surface area contributed by atoms with Gasteiger partial charge in [-0.1, -0.05) is 42.5 Å². The maximum absolute atomic E-state index is 11.8. The minimum Gasteiger partial charge on any atom is -0.468 e. The predicted octanol–water partition coefficient (Wildman–Crippen LogP) is 1.59. The molecule has 0 fully saturated rings. The van der Waals surface area contributed by atoms with Crippen LogP contribution in [-0.4, -0.2) is 25.1 Å². The number of nitrogens with two attached hydrogens (primary N) is 1. The van der Waals surface area contributed by atoms with Gasteiger partial charge in [-0.15, -0.1) is 5.48 Å². The summed E-state index contributed by atoms with van der Waals surface area (Å²) in [4.78, 5) is 28.2. The third-order valence-corrected chi connectivity index (χ3v) is 3.40. The third kappa shape index (κ3) is 5.19. The molecular weight excluding hydrogens is 308 g/mol. The van der Waals surface area contributed by atoms with Crippen LogP contribution in [0.15, 0.2) is 54.6 Å². The van der Waals surface area contributed by atoms with E-state index in [0.717, 1.165) is 11.1 Å². The molecule has 0 aliphatic carbocycles. The summed E-state index contributed by atoms with van der Waals surface area (Å²) < 4.78 is 4.61. The van der Waals surface area contributed by atoms with Gasteiger partial charge in [0, 0.05) is 0 Å². The Morgan fingerprint density at radius 1 is 1.08 bits per heavy atom. The first-order valence-corrected chi connectivity index (χ1v) is 7.50. The van der Waals surface area contributed by atoms with E-state index in [-0.39, 0.29) is 0 Å². The summed E-state index contributed by atoms with van der Waals surface area (Å²) in [5, 5.41) is 0. The maximum Gasteiger partial charge on any atom is 0.356 e. The lowest BCUT2D eigenvalue weighted by Gasteiger charge is -2.11. The van der Waals surface area contributed by atoms with Crippen LogP contribution in [0.2, 0.25) is 0 Å². The summed E-state index contributed by atoms with van der Waals surface area (Å²) in [6, 6.07) is 15.5. The van der Waals surface area contributed by atoms with Crippen molar-refractivity contribution >= 4 is 11.9 Å². The van der Waals surface area contributed by atoms with E-state index in [2.05, 4.69) is 10.2 Å². The summed E-state index contributed by atoms with van der Waals surface area (Å²) in [6.07, 6.45) is 0.379. The van der Waals surface area contributed by atoms with Crippen LogP contribution in [0.4, 0.5) is 0 Å². The zero-order chi connectivity index (χ0) is 17.4. The van der Waals surface area contributed by atoms with Crippen molar-refractivity contribution in [1.82, 2.24) is 5.48 Å². The zero-order valence-electron chi connectivity index (χ0n) is 13.4. The molecule has 2 aromatic carbocycles. The Balaban J connectivity index is 1.86. The van der Waals surface area contributed by atoms with Crippen LogP contribution in [0, 0.1) is 0 Å². The van der Waals surface area contributed by atoms with Crippen LogP contribution in [-0.2, 0) is 27.3 Å². The SMILES string of the molecule is COC(=O)[C@@H](N)Cc1cccc(CNOC(=O)c2ccccc2)c1. The van der Waals surface area contributed by atoms with Crippen molar-refractivity contribution < 1.29 is 19.2 Å². The molecule has 0 unspecified atom stereocenters. The van der Waals surface area contributed by atoms with E-state index in [9.17, 15) is 9.59 Å². The fraction of sp³-hybridized carbons (Fsp3) is 0.222. The van der Waals surface area contributed by atoms with E-state index in [4.69, 9.17) is 10.6 Å². The maximum atomic E-state index is 11.8. The Morgan fingerprint density at radius 3 is 2.50 bits per heavy atom. The normalized spacial score (nSPS) is 11.6. The van der Waals surface area contributed by atoms with Gasteiger partial charge in [0.15, 0.2) is 0 Å². The molecule has 0 amide bonds. The van der Waals surface area contributed by atoms with E-state index in [1.807, 2.05) is 30.3 Å². The van der Waals surface area contributed by atoms with Crippen molar-refractivity contribution in [2.45, 2.75) is 19.0 Å². The lowest BCUT2D eigenvalue weighted by atomic mass is 10.0. The molecule has 1 atom stereocenters. The van der Waals surface area contributed by atoms with Crippen LogP contribution in [0.1, 0.15) is 21.5 Å². The number of ether oxygens (including phenoxy) is 1. The number of carbonyl (C=O) groups is 2. The van der Waals surface area contributed by atoms with Crippen molar-refractivity contribution in [2.24, 2.45) is 5.73 Å². The molecular formula is C18H20N2O4. The van der Waals surface area contributed by atoms with E-state index in [1.54, 1.807) is 24.3 Å². The molecule has 0 bridgehead atoms. The fourth-order valence-corrected chi connectivity index (χ4v) is 2.17. The standard InChI is InChI=1S/C18H20N2O4/c1-23-18(22)16(19)11-13-6-5-7-14(10-13)12-20-24-17(21)15-8-3-2-4-9-15/h2-10,16,20H,11-12,19H2,1H3/t16-/m0/s1. The molecule has 0 aliphatic rings. The monoisotopic (exact) mass is 328 g/mol. The summed E-state index contributed by atoms with van der Waals surface area (Å²) >= 11 is 0. The average molecular weight is 328 g/mol. The molecule has 6 nitrogen and oxygen atoms in total. The van der Waals surface area contributed by atoms with Crippen molar-refractivity contribution in [3.8, 4) is 0 Å². The topological polar surface area (TPSA) is 90.7 Å². The molecule has 3 N–H and O–H groups in total. The molecule has 6 heteroatoms. The van der Waals surface area contributed by atoms with Crippen molar-refractivity contribution in [1.29, 1.82) is 0 Å². The van der Waals surface area contributed by atoms with Gasteiger partial charge in [0.1, 0.15) is 6.04 Å². The van der Waals surface area contributed by atoms with Gasteiger partial charge in [0.25, 0.3) is 0 Å². The first-order chi connectivity index (χ1) is 11.6. The van der Waals surface area contributed by atoms with Crippen LogP contribution < -0.4 is 11.2 Å². The van der Waals surface area contributed by atoms with Gasteiger partial charge in [0.2, 0.25) is 0 Å². The molecule has 0 radical (unpaired) electrons. The molecule has 24 heavy (non-hydrogen) atoms. The molecule has 0 aromatic heterocycles. The van der Waals surface area contributed by atoms with Gasteiger partial charge in [-0.25, -0.2) is 4.79 Å². The highest BCUT2D eigenvalue weighted by Crippen LogP contribution is 2.08. The van der Waals surface area contributed by atoms with Gasteiger partial charge in [-0.2, -0.15) is 0 Å². The number of methoxy groups -OCH3 is 1. The second kappa shape index (κ2) is 8.81. The number of hydroxylamine groups is 1. The molecule has 0 saturated heterocycles. The molecule has 0 aliphatic heterocycles. The highest BCUT2D eigenvalue weighted by molar-refractivity contribution is 5.89. The van der Waals surface area contributed by atoms with E-state index < -0.39 is 18.0 Å². The van der Waals surface area contributed by atoms with E-state index in [0.29, 0.717) is 18.5 Å². The second-order valence-corrected chi connectivity index (χ2v) is 5.23. The minimum absolute atomic E-state index is 0.347. The van der Waals surface area contributed by atoms with Crippen LogP contribution >= 0.6 is 0 Å². The highest BCUT2D eigenvalue weighted by Gasteiger charge is 2.14. The van der Waals surface area contributed by atoms with Gasteiger partial charge in [-0.05, 0) is 29.7 Å². The van der Waals surface area contributed by atoms with Crippen LogP contribution in [0.5, 0.6) is 0 Å². The number of nitrogens with one attached hydrogen (secondary N) is 1. The summed E-state index contributed by atoms with van der Waals surface area (Å²) in [7, 11) is 1.31. The fourth-order valence-electron chi connectivity index (χ4n) is 2.17. The summed E-state index contributed by atoms with van der Waals surface area (Å²) in [5.41, 5.74) is 10.7. The van der Waals surface area contributed by atoms with Gasteiger partial charge >= 0.3 is 11.9 Å². The molecule has 2 aromatic rings. The Bertz CT molecular complexity index is 688. The minimum atomic E-state index is -0.700. The van der Waals surface area contributed by atoms with Gasteiger partial charge in [0.05, 0.1) is 19.2 Å². The highest BCUT2D eigenvalue weighted by atomic mass is 16.7. The predicted molar refractivity (Wildman–Crippen MR) is 88.8 cm³/mol. The van der Waals surface area contributed by atoms with Gasteiger partial charge in [-0.3, -0.25) is 4.79 Å². The number of benzene rings is 2. The lowest BCUT2D eigenvalue weighted by Crippen LogP contribution is -2.33. The smallest absolute Gasteiger partial charge is 0.356 e. The van der Waals surface area contributed by atoms with Crippen molar-refractivity contribution in [3.05, 3.63) is 71.3 Å². The van der Waals surface area contributed by atoms with Crippen LogP contribution in [0.25, 0.3) is 0 Å². The zero-order valence-corrected chi connectivity index (χ0v) is 13.4. The molecule has 2 rings (SSSR count). The Kier molecular flexibility index (Phi) is 6.48. The number of esters is 1. The third-order valence-electron chi connectivity index (χ3n) is 3.40. The Labute approximate surface area is 140 Å². The van der Waals surface area contributed by atoms with Crippen molar-refractivity contribution in [3.63, 3.8) is 0 Å². The van der Waals surface area contributed by atoms with E-state index in [1.165, 1.54) is 7.11 Å². The number of hydrogen-bond donors (Lipinski definition) is 2. The molecule has 0 saturated carbocycles. The first kappa shape index (κ1) is 17.7. The second-order valence-electron chi connectivity index (χ2n) is 5.23. The Morgan fingerprint density at radius 2 is 1.79 bits per heavy atom. The largest absolute Gasteiger partial charge is 0.468 e.